The smallest absolute Gasteiger partial charge is 0.0519 e. The fourth-order valence-corrected chi connectivity index (χ4v) is 3.59. The Morgan fingerprint density at radius 3 is 2.78 bits per heavy atom. The van der Waals surface area contributed by atoms with Crippen molar-refractivity contribution in [2.24, 2.45) is 0 Å². The molecule has 0 bridgehead atoms. The van der Waals surface area contributed by atoms with Gasteiger partial charge in [0.25, 0.3) is 0 Å². The number of hydrogen-bond acceptors (Lipinski definition) is 2. The zero-order valence-electron chi connectivity index (χ0n) is 9.97. The SMILES string of the molecule is Brc1ccc2c(c1)N(Cc1ccccc1)CCS2. The van der Waals surface area contributed by atoms with Crippen LogP contribution in [0.3, 0.4) is 0 Å². The highest BCUT2D eigenvalue weighted by molar-refractivity contribution is 9.10. The van der Waals surface area contributed by atoms with E-state index in [4.69, 9.17) is 0 Å². The fourth-order valence-electron chi connectivity index (χ4n) is 2.21. The number of benzene rings is 2. The summed E-state index contributed by atoms with van der Waals surface area (Å²) in [6.07, 6.45) is 0. The van der Waals surface area contributed by atoms with Crippen LogP contribution in [-0.2, 0) is 6.54 Å². The second-order valence-electron chi connectivity index (χ2n) is 4.37. The van der Waals surface area contributed by atoms with Gasteiger partial charge in [-0.1, -0.05) is 46.3 Å². The number of rotatable bonds is 2. The summed E-state index contributed by atoms with van der Waals surface area (Å²) >= 11 is 5.52. The molecule has 0 fully saturated rings. The van der Waals surface area contributed by atoms with Gasteiger partial charge in [0.15, 0.2) is 0 Å². The standard InChI is InChI=1S/C15H14BrNS/c16-13-6-7-15-14(10-13)17(8-9-18-15)11-12-4-2-1-3-5-12/h1-7,10H,8-9,11H2. The highest BCUT2D eigenvalue weighted by atomic mass is 79.9. The van der Waals surface area contributed by atoms with Crippen LogP contribution in [-0.4, -0.2) is 12.3 Å². The van der Waals surface area contributed by atoms with Gasteiger partial charge in [0.2, 0.25) is 0 Å². The van der Waals surface area contributed by atoms with E-state index in [1.165, 1.54) is 21.9 Å². The molecule has 2 aromatic rings. The van der Waals surface area contributed by atoms with Crippen molar-refractivity contribution < 1.29 is 0 Å². The Morgan fingerprint density at radius 1 is 1.11 bits per heavy atom. The molecule has 0 saturated heterocycles. The molecule has 1 aliphatic rings. The number of nitrogens with zero attached hydrogens (tertiary/aromatic N) is 1. The van der Waals surface area contributed by atoms with Crippen LogP contribution in [0, 0.1) is 0 Å². The minimum Gasteiger partial charge on any atom is -0.365 e. The Bertz CT molecular complexity index is 541. The molecule has 0 spiro atoms. The maximum Gasteiger partial charge on any atom is 0.0519 e. The van der Waals surface area contributed by atoms with E-state index in [0.29, 0.717) is 0 Å². The largest absolute Gasteiger partial charge is 0.365 e. The molecule has 1 heterocycles. The lowest BCUT2D eigenvalue weighted by atomic mass is 10.2. The Kier molecular flexibility index (Phi) is 3.62. The summed E-state index contributed by atoms with van der Waals surface area (Å²) in [6.45, 7) is 2.11. The number of anilines is 1. The molecule has 3 heteroatoms. The molecule has 0 N–H and O–H groups in total. The van der Waals surface area contributed by atoms with Crippen LogP contribution in [0.4, 0.5) is 5.69 Å². The molecular formula is C15H14BrNS. The van der Waals surface area contributed by atoms with E-state index in [0.717, 1.165) is 17.6 Å². The zero-order chi connectivity index (χ0) is 12.4. The van der Waals surface area contributed by atoms with Gasteiger partial charge in [-0.15, -0.1) is 11.8 Å². The maximum atomic E-state index is 3.57. The average Bonchev–Trinajstić information content (AvgIpc) is 2.41. The first kappa shape index (κ1) is 12.1. The summed E-state index contributed by atoms with van der Waals surface area (Å²) in [5.74, 6) is 1.17. The molecule has 2 aromatic carbocycles. The molecule has 0 radical (unpaired) electrons. The molecule has 92 valence electrons. The molecular weight excluding hydrogens is 306 g/mol. The van der Waals surface area contributed by atoms with E-state index in [1.54, 1.807) is 0 Å². The third-order valence-corrected chi connectivity index (χ3v) is 4.63. The van der Waals surface area contributed by atoms with Crippen molar-refractivity contribution >= 4 is 33.4 Å². The lowest BCUT2D eigenvalue weighted by Gasteiger charge is -2.31. The quantitative estimate of drug-likeness (QED) is 0.798. The molecule has 0 amide bonds. The van der Waals surface area contributed by atoms with Crippen molar-refractivity contribution in [2.45, 2.75) is 11.4 Å². The minimum atomic E-state index is 0.991. The van der Waals surface area contributed by atoms with Crippen LogP contribution in [0.5, 0.6) is 0 Å². The first-order valence-electron chi connectivity index (χ1n) is 6.04. The van der Waals surface area contributed by atoms with Gasteiger partial charge in [-0.25, -0.2) is 0 Å². The molecule has 0 aromatic heterocycles. The average molecular weight is 320 g/mol. The van der Waals surface area contributed by atoms with Crippen molar-refractivity contribution in [3.8, 4) is 0 Å². The fraction of sp³-hybridized carbons (Fsp3) is 0.200. The third-order valence-electron chi connectivity index (χ3n) is 3.10. The summed E-state index contributed by atoms with van der Waals surface area (Å²) < 4.78 is 1.15. The van der Waals surface area contributed by atoms with Gasteiger partial charge >= 0.3 is 0 Å². The monoisotopic (exact) mass is 319 g/mol. The summed E-state index contributed by atoms with van der Waals surface area (Å²) in [7, 11) is 0. The highest BCUT2D eigenvalue weighted by Crippen LogP contribution is 2.37. The Labute approximate surface area is 120 Å². The van der Waals surface area contributed by atoms with E-state index in [2.05, 4.69) is 69.4 Å². The molecule has 0 unspecified atom stereocenters. The second-order valence-corrected chi connectivity index (χ2v) is 6.42. The van der Waals surface area contributed by atoms with Gasteiger partial charge in [-0.05, 0) is 23.8 Å². The van der Waals surface area contributed by atoms with E-state index < -0.39 is 0 Å². The topological polar surface area (TPSA) is 3.24 Å². The van der Waals surface area contributed by atoms with Crippen LogP contribution in [0.1, 0.15) is 5.56 Å². The van der Waals surface area contributed by atoms with Gasteiger partial charge in [-0.2, -0.15) is 0 Å². The lowest BCUT2D eigenvalue weighted by molar-refractivity contribution is 0.817. The normalized spacial score (nSPS) is 14.4. The minimum absolute atomic E-state index is 0.991. The summed E-state index contributed by atoms with van der Waals surface area (Å²) in [4.78, 5) is 3.85. The van der Waals surface area contributed by atoms with Crippen LogP contribution in [0.25, 0.3) is 0 Å². The van der Waals surface area contributed by atoms with Crippen molar-refractivity contribution in [1.29, 1.82) is 0 Å². The molecule has 0 aliphatic carbocycles. The number of fused-ring (bicyclic) bond motifs is 1. The third kappa shape index (κ3) is 2.57. The van der Waals surface area contributed by atoms with Crippen molar-refractivity contribution in [3.05, 3.63) is 58.6 Å². The first-order valence-corrected chi connectivity index (χ1v) is 7.82. The molecule has 0 saturated carbocycles. The molecule has 3 rings (SSSR count). The maximum absolute atomic E-state index is 3.57. The van der Waals surface area contributed by atoms with Crippen molar-refractivity contribution in [2.75, 3.05) is 17.2 Å². The van der Waals surface area contributed by atoms with Gasteiger partial charge in [0.05, 0.1) is 5.69 Å². The van der Waals surface area contributed by atoms with E-state index >= 15 is 0 Å². The van der Waals surface area contributed by atoms with Crippen LogP contribution >= 0.6 is 27.7 Å². The van der Waals surface area contributed by atoms with E-state index in [9.17, 15) is 0 Å². The lowest BCUT2D eigenvalue weighted by Crippen LogP contribution is -2.28. The predicted octanol–water partition coefficient (Wildman–Crippen LogP) is 4.56. The highest BCUT2D eigenvalue weighted by Gasteiger charge is 2.17. The Hall–Kier alpha value is -0.930. The number of halogens is 1. The molecule has 1 nitrogen and oxygen atoms in total. The van der Waals surface area contributed by atoms with Crippen LogP contribution in [0.2, 0.25) is 0 Å². The molecule has 0 atom stereocenters. The van der Waals surface area contributed by atoms with Crippen molar-refractivity contribution in [3.63, 3.8) is 0 Å². The van der Waals surface area contributed by atoms with Gasteiger partial charge in [-0.3, -0.25) is 0 Å². The first-order chi connectivity index (χ1) is 8.83. The summed E-state index contributed by atoms with van der Waals surface area (Å²) in [5.41, 5.74) is 2.72. The Balaban J connectivity index is 1.89. The van der Waals surface area contributed by atoms with E-state index in [-0.39, 0.29) is 0 Å². The second kappa shape index (κ2) is 5.37. The van der Waals surface area contributed by atoms with Crippen LogP contribution in [0.15, 0.2) is 57.9 Å². The predicted molar refractivity (Wildman–Crippen MR) is 82.4 cm³/mol. The summed E-state index contributed by atoms with van der Waals surface area (Å²) in [5, 5.41) is 0. The van der Waals surface area contributed by atoms with E-state index in [1.807, 2.05) is 11.8 Å². The molecule has 18 heavy (non-hydrogen) atoms. The molecule has 1 aliphatic heterocycles. The number of hydrogen-bond donors (Lipinski definition) is 0. The summed E-state index contributed by atoms with van der Waals surface area (Å²) in [6, 6.07) is 17.2. The number of thioether (sulfide) groups is 1. The van der Waals surface area contributed by atoms with Crippen LogP contribution < -0.4 is 4.90 Å². The van der Waals surface area contributed by atoms with Crippen molar-refractivity contribution in [1.82, 2.24) is 0 Å². The zero-order valence-corrected chi connectivity index (χ0v) is 12.4. The van der Waals surface area contributed by atoms with Gasteiger partial charge in [0, 0.05) is 28.2 Å². The van der Waals surface area contributed by atoms with Gasteiger partial charge < -0.3 is 4.90 Å². The van der Waals surface area contributed by atoms with Gasteiger partial charge in [0.1, 0.15) is 0 Å². The Morgan fingerprint density at radius 2 is 1.94 bits per heavy atom.